The summed E-state index contributed by atoms with van der Waals surface area (Å²) < 4.78 is 14.4. The van der Waals surface area contributed by atoms with Crippen LogP contribution in [0.3, 0.4) is 0 Å². The van der Waals surface area contributed by atoms with Crippen molar-refractivity contribution in [3.63, 3.8) is 0 Å². The molecule has 0 atom stereocenters. The first-order valence-corrected chi connectivity index (χ1v) is 9.87. The number of allylic oxidation sites excluding steroid dienone is 2. The molecule has 0 amide bonds. The Kier molecular flexibility index (Phi) is 6.19. The Balaban J connectivity index is 1.63. The molecule has 1 fully saturated rings. The van der Waals surface area contributed by atoms with Gasteiger partial charge in [0.05, 0.1) is 6.54 Å². The van der Waals surface area contributed by atoms with E-state index in [0.717, 1.165) is 18.8 Å². The summed E-state index contributed by atoms with van der Waals surface area (Å²) in [6.07, 6.45) is 3.02. The number of hydrogen-bond acceptors (Lipinski definition) is 7. The van der Waals surface area contributed by atoms with Gasteiger partial charge in [-0.25, -0.2) is 14.2 Å². The number of benzene rings is 1. The molecule has 0 unspecified atom stereocenters. The van der Waals surface area contributed by atoms with Gasteiger partial charge in [0.2, 0.25) is 5.95 Å². The Labute approximate surface area is 175 Å². The van der Waals surface area contributed by atoms with E-state index in [0.29, 0.717) is 30.4 Å². The molecule has 1 aromatic carbocycles. The minimum atomic E-state index is -0.431. The van der Waals surface area contributed by atoms with Gasteiger partial charge in [-0.1, -0.05) is 20.8 Å². The molecule has 0 spiro atoms. The van der Waals surface area contributed by atoms with Crippen LogP contribution in [0.2, 0.25) is 0 Å². The second kappa shape index (κ2) is 8.64. The Bertz CT molecular complexity index is 984. The molecular weight excluding hydrogens is 385 g/mol. The molecule has 0 bridgehead atoms. The standard InChI is InChI=1S/C21H28FN7O/c1-21(2,3)18(24)12-16(23)13-29-14-25-19(26-20(29)30)28-10-8-27(9-11-28)17-6-4-15(22)5-7-17/h4-7,12,14,24H,8-11,13,23H2,1-3H3/b16-12-,24-18?. The fourth-order valence-corrected chi connectivity index (χ4v) is 3.07. The van der Waals surface area contributed by atoms with Crippen LogP contribution < -0.4 is 21.2 Å². The number of rotatable bonds is 5. The lowest BCUT2D eigenvalue weighted by molar-refractivity contribution is 0.589. The minimum absolute atomic E-state index is 0.135. The SMILES string of the molecule is CC(C)(C)C(=N)/C=C(\N)Cn1cnc(N2CCN(c3ccc(F)cc3)CC2)nc1=O. The summed E-state index contributed by atoms with van der Waals surface area (Å²) >= 11 is 0. The molecule has 3 N–H and O–H groups in total. The van der Waals surface area contributed by atoms with Crippen molar-refractivity contribution in [2.75, 3.05) is 36.0 Å². The van der Waals surface area contributed by atoms with Crippen molar-refractivity contribution in [1.29, 1.82) is 5.41 Å². The smallest absolute Gasteiger partial charge is 0.352 e. The van der Waals surface area contributed by atoms with E-state index in [2.05, 4.69) is 14.9 Å². The lowest BCUT2D eigenvalue weighted by Gasteiger charge is -2.36. The molecule has 9 heteroatoms. The zero-order valence-electron chi connectivity index (χ0n) is 17.6. The van der Waals surface area contributed by atoms with Crippen LogP contribution >= 0.6 is 0 Å². The van der Waals surface area contributed by atoms with E-state index in [1.54, 1.807) is 18.2 Å². The fraction of sp³-hybridized carbons (Fsp3) is 0.429. The second-order valence-electron chi connectivity index (χ2n) is 8.40. The number of nitrogens with one attached hydrogen (secondary N) is 1. The van der Waals surface area contributed by atoms with E-state index in [9.17, 15) is 9.18 Å². The van der Waals surface area contributed by atoms with Gasteiger partial charge in [0.25, 0.3) is 0 Å². The van der Waals surface area contributed by atoms with E-state index in [1.807, 2.05) is 25.7 Å². The Morgan fingerprint density at radius 3 is 2.33 bits per heavy atom. The molecule has 30 heavy (non-hydrogen) atoms. The largest absolute Gasteiger partial charge is 0.401 e. The quantitative estimate of drug-likeness (QED) is 0.727. The van der Waals surface area contributed by atoms with Gasteiger partial charge in [-0.3, -0.25) is 4.57 Å². The normalized spacial score (nSPS) is 15.4. The Morgan fingerprint density at radius 1 is 1.17 bits per heavy atom. The van der Waals surface area contributed by atoms with E-state index < -0.39 is 5.69 Å². The van der Waals surface area contributed by atoms with Crippen molar-refractivity contribution in [3.05, 3.63) is 58.7 Å². The highest BCUT2D eigenvalue weighted by atomic mass is 19.1. The predicted molar refractivity (Wildman–Crippen MR) is 117 cm³/mol. The molecular formula is C21H28FN7O. The van der Waals surface area contributed by atoms with Crippen molar-refractivity contribution in [1.82, 2.24) is 14.5 Å². The van der Waals surface area contributed by atoms with Gasteiger partial charge in [0.15, 0.2) is 0 Å². The molecule has 1 aliphatic rings. The summed E-state index contributed by atoms with van der Waals surface area (Å²) in [5.41, 5.74) is 7.02. The van der Waals surface area contributed by atoms with Crippen molar-refractivity contribution in [2.24, 2.45) is 11.1 Å². The molecule has 0 saturated carbocycles. The van der Waals surface area contributed by atoms with Crippen LogP contribution in [0.15, 0.2) is 47.2 Å². The molecule has 160 valence electrons. The maximum atomic E-state index is 13.1. The average Bonchev–Trinajstić information content (AvgIpc) is 2.69. The highest BCUT2D eigenvalue weighted by Crippen LogP contribution is 2.18. The fourth-order valence-electron chi connectivity index (χ4n) is 3.07. The zero-order chi connectivity index (χ0) is 21.9. The van der Waals surface area contributed by atoms with E-state index in [4.69, 9.17) is 11.1 Å². The van der Waals surface area contributed by atoms with Crippen LogP contribution in [-0.4, -0.2) is 46.4 Å². The summed E-state index contributed by atoms with van der Waals surface area (Å²) in [5, 5.41) is 8.04. The van der Waals surface area contributed by atoms with Gasteiger partial charge in [0.1, 0.15) is 12.1 Å². The third kappa shape index (κ3) is 5.22. The first-order chi connectivity index (χ1) is 14.1. The van der Waals surface area contributed by atoms with Crippen LogP contribution in [0.25, 0.3) is 0 Å². The average molecular weight is 414 g/mol. The first-order valence-electron chi connectivity index (χ1n) is 9.87. The van der Waals surface area contributed by atoms with Gasteiger partial charge < -0.3 is 20.9 Å². The summed E-state index contributed by atoms with van der Waals surface area (Å²) in [6, 6.07) is 6.43. The van der Waals surface area contributed by atoms with Crippen molar-refractivity contribution in [2.45, 2.75) is 27.3 Å². The summed E-state index contributed by atoms with van der Waals surface area (Å²) in [6.45, 7) is 8.69. The summed E-state index contributed by atoms with van der Waals surface area (Å²) in [4.78, 5) is 25.0. The molecule has 1 aromatic heterocycles. The van der Waals surface area contributed by atoms with Crippen molar-refractivity contribution < 1.29 is 4.39 Å². The molecule has 3 rings (SSSR count). The number of nitrogens with zero attached hydrogens (tertiary/aromatic N) is 5. The summed E-state index contributed by atoms with van der Waals surface area (Å²) in [5.74, 6) is 0.136. The predicted octanol–water partition coefficient (Wildman–Crippen LogP) is 2.01. The lowest BCUT2D eigenvalue weighted by Crippen LogP contribution is -2.47. The second-order valence-corrected chi connectivity index (χ2v) is 8.40. The number of aromatic nitrogens is 3. The van der Waals surface area contributed by atoms with Crippen LogP contribution in [0, 0.1) is 16.6 Å². The zero-order valence-corrected chi connectivity index (χ0v) is 17.6. The lowest BCUT2D eigenvalue weighted by atomic mass is 9.89. The maximum Gasteiger partial charge on any atom is 0.352 e. The highest BCUT2D eigenvalue weighted by molar-refractivity contribution is 5.96. The monoisotopic (exact) mass is 413 g/mol. The van der Waals surface area contributed by atoms with Gasteiger partial charge in [-0.15, -0.1) is 0 Å². The van der Waals surface area contributed by atoms with Crippen LogP contribution in [0.1, 0.15) is 20.8 Å². The van der Waals surface area contributed by atoms with Gasteiger partial charge in [-0.05, 0) is 30.3 Å². The van der Waals surface area contributed by atoms with Crippen LogP contribution in [0.4, 0.5) is 16.0 Å². The Morgan fingerprint density at radius 2 is 1.77 bits per heavy atom. The highest BCUT2D eigenvalue weighted by Gasteiger charge is 2.20. The number of hydrogen-bond donors (Lipinski definition) is 2. The van der Waals surface area contributed by atoms with Gasteiger partial charge >= 0.3 is 5.69 Å². The molecule has 0 aliphatic carbocycles. The molecule has 2 heterocycles. The van der Waals surface area contributed by atoms with Crippen molar-refractivity contribution in [3.8, 4) is 0 Å². The number of anilines is 2. The van der Waals surface area contributed by atoms with E-state index in [1.165, 1.54) is 23.0 Å². The molecule has 1 saturated heterocycles. The van der Waals surface area contributed by atoms with Gasteiger partial charge in [-0.2, -0.15) is 4.98 Å². The van der Waals surface area contributed by atoms with Gasteiger partial charge in [0, 0.05) is 48.7 Å². The third-order valence-electron chi connectivity index (χ3n) is 5.00. The Hall–Kier alpha value is -3.23. The number of nitrogens with two attached hydrogens (primary N) is 1. The summed E-state index contributed by atoms with van der Waals surface area (Å²) in [7, 11) is 0. The first kappa shape index (κ1) is 21.5. The maximum absolute atomic E-state index is 13.1. The van der Waals surface area contributed by atoms with Crippen LogP contribution in [0.5, 0.6) is 0 Å². The number of piperazine rings is 1. The molecule has 1 aliphatic heterocycles. The minimum Gasteiger partial charge on any atom is -0.401 e. The third-order valence-corrected chi connectivity index (χ3v) is 5.00. The topological polar surface area (TPSA) is 104 Å². The number of halogens is 1. The van der Waals surface area contributed by atoms with E-state index >= 15 is 0 Å². The molecule has 0 radical (unpaired) electrons. The van der Waals surface area contributed by atoms with E-state index in [-0.39, 0.29) is 17.8 Å². The molecule has 8 nitrogen and oxygen atoms in total. The van der Waals surface area contributed by atoms with Crippen molar-refractivity contribution >= 4 is 17.3 Å². The van der Waals surface area contributed by atoms with Crippen LogP contribution in [-0.2, 0) is 6.54 Å². The molecule has 2 aromatic rings.